The van der Waals surface area contributed by atoms with Crippen LogP contribution in [-0.2, 0) is 14.3 Å². The van der Waals surface area contributed by atoms with Gasteiger partial charge in [0.15, 0.2) is 5.41 Å². The lowest BCUT2D eigenvalue weighted by molar-refractivity contribution is -0.182. The number of ether oxygens (including phenoxy) is 1. The molecule has 0 saturated heterocycles. The Morgan fingerprint density at radius 1 is 0.909 bits per heavy atom. The Labute approximate surface area is 131 Å². The van der Waals surface area contributed by atoms with Crippen LogP contribution in [0.1, 0.15) is 51.4 Å². The van der Waals surface area contributed by atoms with Gasteiger partial charge in [-0.1, -0.05) is 12.8 Å². The third kappa shape index (κ3) is 1.75. The molecule has 22 heavy (non-hydrogen) atoms. The topological polar surface area (TPSA) is 63.6 Å². The molecule has 0 radical (unpaired) electrons. The van der Waals surface area contributed by atoms with Crippen LogP contribution in [0, 0.1) is 40.9 Å². The number of carboxylic acid groups (broad SMARTS) is 1. The monoisotopic (exact) mass is 306 g/mol. The molecule has 4 rings (SSSR count). The van der Waals surface area contributed by atoms with E-state index in [0.29, 0.717) is 23.7 Å². The van der Waals surface area contributed by atoms with Crippen molar-refractivity contribution < 1.29 is 19.4 Å². The van der Waals surface area contributed by atoms with Gasteiger partial charge in [0.25, 0.3) is 0 Å². The normalized spacial score (nSPS) is 45.0. The van der Waals surface area contributed by atoms with E-state index in [1.54, 1.807) is 0 Å². The highest BCUT2D eigenvalue weighted by atomic mass is 16.5. The molecular weight excluding hydrogens is 280 g/mol. The van der Waals surface area contributed by atoms with Crippen molar-refractivity contribution in [1.29, 1.82) is 0 Å². The van der Waals surface area contributed by atoms with E-state index in [9.17, 15) is 14.7 Å². The Morgan fingerprint density at radius 2 is 1.41 bits per heavy atom. The highest BCUT2D eigenvalue weighted by molar-refractivity contribution is 6.00. The Bertz CT molecular complexity index is 471. The van der Waals surface area contributed by atoms with E-state index in [0.717, 1.165) is 38.5 Å². The standard InChI is InChI=1S/C18H26O4/c1-22-17(21)18(16(19)20,14-8-10-2-4-12(14)6-10)15-9-11-3-5-13(15)7-11/h10-15H,2-9H2,1H3,(H,19,20). The average Bonchev–Trinajstić information content (AvgIpc) is 3.28. The lowest BCUT2D eigenvalue weighted by Gasteiger charge is -2.44. The van der Waals surface area contributed by atoms with Gasteiger partial charge in [-0.25, -0.2) is 0 Å². The highest BCUT2D eigenvalue weighted by Crippen LogP contribution is 2.63. The quantitative estimate of drug-likeness (QED) is 0.640. The third-order valence-corrected chi connectivity index (χ3v) is 7.52. The van der Waals surface area contributed by atoms with Crippen molar-refractivity contribution in [3.8, 4) is 0 Å². The summed E-state index contributed by atoms with van der Waals surface area (Å²) in [5.41, 5.74) is -1.27. The first kappa shape index (κ1) is 14.5. The maximum absolute atomic E-state index is 12.8. The number of carboxylic acids is 1. The Hall–Kier alpha value is -1.06. The zero-order valence-electron chi connectivity index (χ0n) is 13.3. The number of carbonyl (C=O) groups excluding carboxylic acids is 1. The van der Waals surface area contributed by atoms with Gasteiger partial charge in [0.2, 0.25) is 0 Å². The first-order valence-electron chi connectivity index (χ1n) is 8.89. The molecule has 0 aromatic rings. The molecular formula is C18H26O4. The SMILES string of the molecule is COC(=O)C(C(=O)O)(C1CC2CCC1C2)C1CC2CCC1C2. The van der Waals surface area contributed by atoms with Crippen LogP contribution in [0.5, 0.6) is 0 Å². The number of aliphatic carboxylic acids is 1. The molecule has 4 fully saturated rings. The summed E-state index contributed by atoms with van der Waals surface area (Å²) in [6, 6.07) is 0. The summed E-state index contributed by atoms with van der Waals surface area (Å²) < 4.78 is 5.10. The molecule has 0 heterocycles. The van der Waals surface area contributed by atoms with Gasteiger partial charge in [0.05, 0.1) is 7.11 Å². The minimum Gasteiger partial charge on any atom is -0.480 e. The smallest absolute Gasteiger partial charge is 0.323 e. The Kier molecular flexibility index (Phi) is 3.28. The summed E-state index contributed by atoms with van der Waals surface area (Å²) >= 11 is 0. The van der Waals surface area contributed by atoms with E-state index in [4.69, 9.17) is 4.74 Å². The summed E-state index contributed by atoms with van der Waals surface area (Å²) in [4.78, 5) is 25.2. The van der Waals surface area contributed by atoms with Gasteiger partial charge < -0.3 is 9.84 Å². The number of methoxy groups -OCH3 is 1. The van der Waals surface area contributed by atoms with E-state index in [2.05, 4.69) is 0 Å². The lowest BCUT2D eigenvalue weighted by Crippen LogP contribution is -2.54. The van der Waals surface area contributed by atoms with Crippen LogP contribution in [0.3, 0.4) is 0 Å². The fraction of sp³-hybridized carbons (Fsp3) is 0.889. The Balaban J connectivity index is 1.76. The lowest BCUT2D eigenvalue weighted by atomic mass is 9.57. The molecule has 4 aliphatic carbocycles. The average molecular weight is 306 g/mol. The van der Waals surface area contributed by atoms with Gasteiger partial charge in [-0.05, 0) is 74.0 Å². The van der Waals surface area contributed by atoms with E-state index < -0.39 is 17.4 Å². The highest BCUT2D eigenvalue weighted by Gasteiger charge is 2.66. The predicted octanol–water partition coefficient (Wildman–Crippen LogP) is 3.10. The number of rotatable bonds is 4. The molecule has 4 nitrogen and oxygen atoms in total. The number of esters is 1. The van der Waals surface area contributed by atoms with Gasteiger partial charge >= 0.3 is 11.9 Å². The van der Waals surface area contributed by atoms with Crippen molar-refractivity contribution in [1.82, 2.24) is 0 Å². The van der Waals surface area contributed by atoms with Crippen molar-refractivity contribution >= 4 is 11.9 Å². The minimum absolute atomic E-state index is 0.000509. The van der Waals surface area contributed by atoms with Crippen molar-refractivity contribution in [2.24, 2.45) is 40.9 Å². The summed E-state index contributed by atoms with van der Waals surface area (Å²) in [6.07, 6.45) is 8.71. The molecule has 4 saturated carbocycles. The number of fused-ring (bicyclic) bond motifs is 4. The van der Waals surface area contributed by atoms with Crippen LogP contribution in [-0.4, -0.2) is 24.2 Å². The van der Waals surface area contributed by atoms with E-state index in [1.807, 2.05) is 0 Å². The summed E-state index contributed by atoms with van der Waals surface area (Å²) in [6.45, 7) is 0. The zero-order valence-corrected chi connectivity index (χ0v) is 13.3. The van der Waals surface area contributed by atoms with Crippen LogP contribution >= 0.6 is 0 Å². The zero-order chi connectivity index (χ0) is 15.5. The summed E-state index contributed by atoms with van der Waals surface area (Å²) in [5, 5.41) is 10.2. The predicted molar refractivity (Wildman–Crippen MR) is 80.0 cm³/mol. The van der Waals surface area contributed by atoms with Crippen molar-refractivity contribution in [3.63, 3.8) is 0 Å². The molecule has 4 heteroatoms. The van der Waals surface area contributed by atoms with Crippen molar-refractivity contribution in [2.45, 2.75) is 51.4 Å². The molecule has 0 amide bonds. The minimum atomic E-state index is -1.27. The fourth-order valence-corrected chi connectivity index (χ4v) is 6.76. The second kappa shape index (κ2) is 4.97. The van der Waals surface area contributed by atoms with E-state index in [1.165, 1.54) is 20.0 Å². The molecule has 122 valence electrons. The molecule has 4 aliphatic rings. The van der Waals surface area contributed by atoms with Crippen LogP contribution < -0.4 is 0 Å². The van der Waals surface area contributed by atoms with E-state index in [-0.39, 0.29) is 11.8 Å². The van der Waals surface area contributed by atoms with Crippen molar-refractivity contribution in [3.05, 3.63) is 0 Å². The van der Waals surface area contributed by atoms with E-state index >= 15 is 0 Å². The second-order valence-corrected chi connectivity index (χ2v) is 8.23. The van der Waals surface area contributed by atoms with Gasteiger partial charge in [-0.15, -0.1) is 0 Å². The maximum atomic E-state index is 12.8. The fourth-order valence-electron chi connectivity index (χ4n) is 6.76. The Morgan fingerprint density at radius 3 is 1.68 bits per heavy atom. The van der Waals surface area contributed by atoms with Crippen molar-refractivity contribution in [2.75, 3.05) is 7.11 Å². The number of hydrogen-bond donors (Lipinski definition) is 1. The van der Waals surface area contributed by atoms with Crippen LogP contribution in [0.15, 0.2) is 0 Å². The van der Waals surface area contributed by atoms with Gasteiger partial charge in [-0.3, -0.25) is 9.59 Å². The number of carbonyl (C=O) groups is 2. The molecule has 1 N–H and O–H groups in total. The van der Waals surface area contributed by atoms with Gasteiger partial charge in [0, 0.05) is 0 Å². The van der Waals surface area contributed by atoms with Gasteiger partial charge in [0.1, 0.15) is 0 Å². The van der Waals surface area contributed by atoms with Crippen LogP contribution in [0.2, 0.25) is 0 Å². The molecule has 0 aromatic heterocycles. The largest absolute Gasteiger partial charge is 0.480 e. The molecule has 0 aliphatic heterocycles. The number of hydrogen-bond acceptors (Lipinski definition) is 3. The summed E-state index contributed by atoms with van der Waals surface area (Å²) in [7, 11) is 1.36. The first-order chi connectivity index (χ1) is 10.6. The first-order valence-corrected chi connectivity index (χ1v) is 8.89. The van der Waals surface area contributed by atoms with Crippen LogP contribution in [0.25, 0.3) is 0 Å². The third-order valence-electron chi connectivity index (χ3n) is 7.52. The van der Waals surface area contributed by atoms with Crippen LogP contribution in [0.4, 0.5) is 0 Å². The molecule has 0 aromatic carbocycles. The molecule has 6 unspecified atom stereocenters. The summed E-state index contributed by atoms with van der Waals surface area (Å²) in [5.74, 6) is 0.734. The second-order valence-electron chi connectivity index (χ2n) is 8.23. The molecule has 6 atom stereocenters. The maximum Gasteiger partial charge on any atom is 0.323 e. The molecule has 0 spiro atoms. The molecule has 4 bridgehead atoms. The van der Waals surface area contributed by atoms with Gasteiger partial charge in [-0.2, -0.15) is 0 Å².